The highest BCUT2D eigenvalue weighted by Gasteiger charge is 2.19. The summed E-state index contributed by atoms with van der Waals surface area (Å²) in [4.78, 5) is 36.7. The molecular weight excluding hydrogens is 282 g/mol. The van der Waals surface area contributed by atoms with Gasteiger partial charge in [-0.25, -0.2) is 0 Å². The summed E-state index contributed by atoms with van der Waals surface area (Å²) < 4.78 is 0. The number of amides is 3. The first-order valence-electron chi connectivity index (χ1n) is 8.46. The van der Waals surface area contributed by atoms with Gasteiger partial charge < -0.3 is 15.5 Å². The van der Waals surface area contributed by atoms with Crippen LogP contribution >= 0.6 is 0 Å². The molecule has 0 aromatic carbocycles. The van der Waals surface area contributed by atoms with Gasteiger partial charge in [-0.3, -0.25) is 14.4 Å². The summed E-state index contributed by atoms with van der Waals surface area (Å²) in [7, 11) is 0. The largest absolute Gasteiger partial charge is 0.356 e. The summed E-state index contributed by atoms with van der Waals surface area (Å²) in [6.45, 7) is 2.57. The Kier molecular flexibility index (Phi) is 6.68. The summed E-state index contributed by atoms with van der Waals surface area (Å²) in [5.41, 5.74) is 0. The molecule has 1 saturated heterocycles. The molecule has 124 valence electrons. The Balaban J connectivity index is 1.49. The molecule has 6 heteroatoms. The lowest BCUT2D eigenvalue weighted by atomic mass is 9.85. The van der Waals surface area contributed by atoms with Crippen molar-refractivity contribution in [3.8, 4) is 0 Å². The summed E-state index contributed by atoms with van der Waals surface area (Å²) in [5, 5.41) is 5.66. The Morgan fingerprint density at radius 3 is 2.41 bits per heavy atom. The molecule has 1 saturated carbocycles. The van der Waals surface area contributed by atoms with E-state index in [0.29, 0.717) is 25.4 Å². The average molecular weight is 309 g/mol. The molecule has 2 aliphatic rings. The van der Waals surface area contributed by atoms with E-state index in [1.165, 1.54) is 19.3 Å². The third-order valence-corrected chi connectivity index (χ3v) is 4.52. The van der Waals surface area contributed by atoms with Gasteiger partial charge in [-0.2, -0.15) is 0 Å². The smallest absolute Gasteiger partial charge is 0.222 e. The van der Waals surface area contributed by atoms with Gasteiger partial charge in [-0.05, 0) is 31.6 Å². The first kappa shape index (κ1) is 16.8. The fourth-order valence-electron chi connectivity index (χ4n) is 2.79. The van der Waals surface area contributed by atoms with Gasteiger partial charge in [0.05, 0.1) is 0 Å². The third kappa shape index (κ3) is 5.66. The number of hydrogen-bond donors (Lipinski definition) is 2. The maximum atomic E-state index is 11.7. The minimum absolute atomic E-state index is 0.0479. The van der Waals surface area contributed by atoms with E-state index < -0.39 is 0 Å². The van der Waals surface area contributed by atoms with Crippen molar-refractivity contribution in [1.29, 1.82) is 0 Å². The van der Waals surface area contributed by atoms with Crippen LogP contribution in [0.1, 0.15) is 51.4 Å². The van der Waals surface area contributed by atoms with E-state index in [0.717, 1.165) is 25.9 Å². The van der Waals surface area contributed by atoms with Crippen LogP contribution in [0.3, 0.4) is 0 Å². The van der Waals surface area contributed by atoms with Gasteiger partial charge >= 0.3 is 0 Å². The molecule has 1 aliphatic carbocycles. The zero-order valence-electron chi connectivity index (χ0n) is 13.2. The molecule has 0 spiro atoms. The Labute approximate surface area is 132 Å². The van der Waals surface area contributed by atoms with E-state index >= 15 is 0 Å². The van der Waals surface area contributed by atoms with Gasteiger partial charge in [-0.15, -0.1) is 0 Å². The number of carbonyl (C=O) groups is 3. The number of hydrogen-bond acceptors (Lipinski definition) is 3. The van der Waals surface area contributed by atoms with E-state index in [4.69, 9.17) is 0 Å². The van der Waals surface area contributed by atoms with E-state index in [9.17, 15) is 14.4 Å². The van der Waals surface area contributed by atoms with Crippen molar-refractivity contribution < 1.29 is 14.4 Å². The standard InChI is InChI=1S/C16H27N3O3/c20-14(7-8-15(21)18-12-13-4-3-5-13)17-9-11-19-10-2-1-6-16(19)22/h13H,1-12H2,(H,17,20)(H,18,21). The second kappa shape index (κ2) is 8.76. The SMILES string of the molecule is O=C(CCC(=O)NCC1CCC1)NCCN1CCCCC1=O. The highest BCUT2D eigenvalue weighted by Crippen LogP contribution is 2.25. The second-order valence-corrected chi connectivity index (χ2v) is 6.29. The highest BCUT2D eigenvalue weighted by atomic mass is 16.2. The summed E-state index contributed by atoms with van der Waals surface area (Å²) in [6, 6.07) is 0. The molecule has 0 radical (unpaired) electrons. The molecule has 2 fully saturated rings. The topological polar surface area (TPSA) is 78.5 Å². The van der Waals surface area contributed by atoms with Crippen LogP contribution in [-0.4, -0.2) is 48.8 Å². The van der Waals surface area contributed by atoms with Gasteiger partial charge in [0, 0.05) is 45.4 Å². The van der Waals surface area contributed by atoms with E-state index in [-0.39, 0.29) is 30.6 Å². The molecular formula is C16H27N3O3. The van der Waals surface area contributed by atoms with Crippen LogP contribution in [0.25, 0.3) is 0 Å². The summed E-state index contributed by atoms with van der Waals surface area (Å²) >= 11 is 0. The first-order valence-corrected chi connectivity index (χ1v) is 8.46. The molecule has 0 aromatic rings. The van der Waals surface area contributed by atoms with Crippen LogP contribution in [0.5, 0.6) is 0 Å². The second-order valence-electron chi connectivity index (χ2n) is 6.29. The number of piperidine rings is 1. The van der Waals surface area contributed by atoms with Crippen LogP contribution in [-0.2, 0) is 14.4 Å². The zero-order chi connectivity index (χ0) is 15.8. The van der Waals surface area contributed by atoms with Gasteiger partial charge in [0.1, 0.15) is 0 Å². The predicted molar refractivity (Wildman–Crippen MR) is 83.0 cm³/mol. The van der Waals surface area contributed by atoms with Crippen LogP contribution in [0, 0.1) is 5.92 Å². The molecule has 3 amide bonds. The molecule has 1 heterocycles. The number of nitrogens with zero attached hydrogens (tertiary/aromatic N) is 1. The summed E-state index contributed by atoms with van der Waals surface area (Å²) in [5.74, 6) is 0.646. The van der Waals surface area contributed by atoms with E-state index in [2.05, 4.69) is 10.6 Å². The van der Waals surface area contributed by atoms with Crippen molar-refractivity contribution in [2.75, 3.05) is 26.2 Å². The van der Waals surface area contributed by atoms with Gasteiger partial charge in [0.2, 0.25) is 17.7 Å². The van der Waals surface area contributed by atoms with Crippen molar-refractivity contribution >= 4 is 17.7 Å². The Morgan fingerprint density at radius 2 is 1.77 bits per heavy atom. The van der Waals surface area contributed by atoms with Crippen molar-refractivity contribution in [3.63, 3.8) is 0 Å². The Morgan fingerprint density at radius 1 is 1.05 bits per heavy atom. The fraction of sp³-hybridized carbons (Fsp3) is 0.812. The van der Waals surface area contributed by atoms with E-state index in [1.54, 1.807) is 4.90 Å². The van der Waals surface area contributed by atoms with Gasteiger partial charge in [0.25, 0.3) is 0 Å². The van der Waals surface area contributed by atoms with Crippen LogP contribution in [0.4, 0.5) is 0 Å². The molecule has 6 nitrogen and oxygen atoms in total. The molecule has 2 rings (SSSR count). The maximum Gasteiger partial charge on any atom is 0.222 e. The fourth-order valence-corrected chi connectivity index (χ4v) is 2.79. The average Bonchev–Trinajstić information content (AvgIpc) is 2.45. The van der Waals surface area contributed by atoms with Crippen LogP contribution in [0.2, 0.25) is 0 Å². The maximum absolute atomic E-state index is 11.7. The predicted octanol–water partition coefficient (Wildman–Crippen LogP) is 0.812. The number of likely N-dealkylation sites (tertiary alicyclic amines) is 1. The van der Waals surface area contributed by atoms with E-state index in [1.807, 2.05) is 0 Å². The number of carbonyl (C=O) groups excluding carboxylic acids is 3. The normalized spacial score (nSPS) is 18.7. The third-order valence-electron chi connectivity index (χ3n) is 4.52. The minimum atomic E-state index is -0.122. The first-order chi connectivity index (χ1) is 10.6. The lowest BCUT2D eigenvalue weighted by molar-refractivity contribution is -0.133. The molecule has 0 unspecified atom stereocenters. The Bertz CT molecular complexity index is 407. The molecule has 0 aromatic heterocycles. The van der Waals surface area contributed by atoms with Gasteiger partial charge in [0.15, 0.2) is 0 Å². The minimum Gasteiger partial charge on any atom is -0.356 e. The monoisotopic (exact) mass is 309 g/mol. The number of nitrogens with one attached hydrogen (secondary N) is 2. The van der Waals surface area contributed by atoms with Crippen LogP contribution < -0.4 is 10.6 Å². The molecule has 0 bridgehead atoms. The van der Waals surface area contributed by atoms with Crippen molar-refractivity contribution in [2.45, 2.75) is 51.4 Å². The molecule has 22 heavy (non-hydrogen) atoms. The summed E-state index contributed by atoms with van der Waals surface area (Å²) in [6.07, 6.45) is 6.76. The van der Waals surface area contributed by atoms with Crippen molar-refractivity contribution in [3.05, 3.63) is 0 Å². The highest BCUT2D eigenvalue weighted by molar-refractivity contribution is 5.83. The lowest BCUT2D eigenvalue weighted by Crippen LogP contribution is -2.41. The Hall–Kier alpha value is -1.59. The van der Waals surface area contributed by atoms with Crippen LogP contribution in [0.15, 0.2) is 0 Å². The molecule has 2 N–H and O–H groups in total. The lowest BCUT2D eigenvalue weighted by Gasteiger charge is -2.26. The van der Waals surface area contributed by atoms with Crippen molar-refractivity contribution in [1.82, 2.24) is 15.5 Å². The molecule has 0 atom stereocenters. The van der Waals surface area contributed by atoms with Gasteiger partial charge in [-0.1, -0.05) is 6.42 Å². The quantitative estimate of drug-likeness (QED) is 0.696. The zero-order valence-corrected chi connectivity index (χ0v) is 13.2. The number of rotatable bonds is 8. The van der Waals surface area contributed by atoms with Crippen molar-refractivity contribution in [2.24, 2.45) is 5.92 Å². The molecule has 1 aliphatic heterocycles.